The molecular weight excluding hydrogens is 668 g/mol. The van der Waals surface area contributed by atoms with Crippen molar-refractivity contribution in [2.45, 2.75) is 68.6 Å². The molecule has 0 atom stereocenters. The normalized spacial score (nSPS) is 14.0. The van der Waals surface area contributed by atoms with Gasteiger partial charge in [-0.05, 0) is 99.7 Å². The lowest BCUT2D eigenvalue weighted by Crippen LogP contribution is -2.39. The summed E-state index contributed by atoms with van der Waals surface area (Å²) < 4.78 is 11.3. The van der Waals surface area contributed by atoms with Gasteiger partial charge in [-0.1, -0.05) is 36.7 Å². The van der Waals surface area contributed by atoms with Crippen molar-refractivity contribution in [3.63, 3.8) is 0 Å². The SMILES string of the molecule is CCN(CC)c1ccc2c(c1)Sc1cc(N(CC)CC)ccc1C21C(=N)C(=O)c2ccc(C(=O)NCCOCCOCCCCCCCl)cc21. The quantitative estimate of drug-likeness (QED) is 0.0960. The molecule has 0 saturated heterocycles. The number of carbonyl (C=O) groups excluding carboxylic acids is 2. The summed E-state index contributed by atoms with van der Waals surface area (Å²) in [5, 5.41) is 12.5. The number of nitrogens with one attached hydrogen (secondary N) is 2. The van der Waals surface area contributed by atoms with Crippen LogP contribution in [0.4, 0.5) is 11.4 Å². The molecule has 8 nitrogen and oxygen atoms in total. The fourth-order valence-corrected chi connectivity index (χ4v) is 8.60. The number of Topliss-reactive ketones (excluding diaryl/α,β-unsaturated/α-hetero) is 1. The van der Waals surface area contributed by atoms with Crippen molar-refractivity contribution in [3.8, 4) is 0 Å². The van der Waals surface area contributed by atoms with Crippen LogP contribution in [0.15, 0.2) is 64.4 Å². The van der Waals surface area contributed by atoms with Crippen LogP contribution >= 0.6 is 23.4 Å². The molecular formula is C40H51ClN4O4S. The second-order valence-corrected chi connectivity index (χ2v) is 14.1. The van der Waals surface area contributed by atoms with Crippen LogP contribution in [0.5, 0.6) is 0 Å². The van der Waals surface area contributed by atoms with Gasteiger partial charge in [-0.25, -0.2) is 0 Å². The number of rotatable bonds is 19. The summed E-state index contributed by atoms with van der Waals surface area (Å²) in [5.41, 5.74) is 4.52. The third kappa shape index (κ3) is 7.61. The zero-order chi connectivity index (χ0) is 35.7. The largest absolute Gasteiger partial charge is 0.379 e. The number of fused-ring (bicyclic) bond motifs is 6. The van der Waals surface area contributed by atoms with Crippen molar-refractivity contribution in [2.24, 2.45) is 0 Å². The van der Waals surface area contributed by atoms with Gasteiger partial charge in [0.1, 0.15) is 0 Å². The van der Waals surface area contributed by atoms with E-state index in [-0.39, 0.29) is 17.4 Å². The number of ketones is 1. The van der Waals surface area contributed by atoms with Gasteiger partial charge in [0, 0.05) is 77.5 Å². The number of alkyl halides is 1. The Kier molecular flexibility index (Phi) is 13.4. The fraction of sp³-hybridized carbons (Fsp3) is 0.475. The van der Waals surface area contributed by atoms with Gasteiger partial charge >= 0.3 is 0 Å². The number of unbranched alkanes of at least 4 members (excludes halogenated alkanes) is 3. The monoisotopic (exact) mass is 718 g/mol. The minimum atomic E-state index is -1.13. The van der Waals surface area contributed by atoms with E-state index >= 15 is 0 Å². The molecule has 0 bridgehead atoms. The van der Waals surface area contributed by atoms with Crippen molar-refractivity contribution < 1.29 is 19.1 Å². The molecule has 1 heterocycles. The van der Waals surface area contributed by atoms with Gasteiger partial charge in [0.15, 0.2) is 0 Å². The van der Waals surface area contributed by atoms with Crippen LogP contribution in [0.2, 0.25) is 0 Å². The number of amides is 1. The minimum Gasteiger partial charge on any atom is -0.379 e. The third-order valence-corrected chi connectivity index (χ3v) is 11.2. The number of carbonyl (C=O) groups is 2. The first kappa shape index (κ1) is 37.9. The average Bonchev–Trinajstić information content (AvgIpc) is 3.35. The molecule has 2 N–H and O–H groups in total. The minimum absolute atomic E-state index is 0.0184. The molecule has 1 aliphatic heterocycles. The van der Waals surface area contributed by atoms with E-state index in [0.29, 0.717) is 55.5 Å². The predicted molar refractivity (Wildman–Crippen MR) is 206 cm³/mol. The highest BCUT2D eigenvalue weighted by Crippen LogP contribution is 2.57. The van der Waals surface area contributed by atoms with E-state index in [1.165, 1.54) is 0 Å². The third-order valence-electron chi connectivity index (χ3n) is 9.82. The van der Waals surface area contributed by atoms with E-state index in [0.717, 1.165) is 84.2 Å². The smallest absolute Gasteiger partial charge is 0.251 e. The first-order chi connectivity index (χ1) is 24.3. The van der Waals surface area contributed by atoms with Crippen LogP contribution in [0, 0.1) is 5.41 Å². The summed E-state index contributed by atoms with van der Waals surface area (Å²) in [4.78, 5) is 34.0. The van der Waals surface area contributed by atoms with Crippen molar-refractivity contribution in [3.05, 3.63) is 82.4 Å². The van der Waals surface area contributed by atoms with Gasteiger partial charge < -0.3 is 24.6 Å². The highest BCUT2D eigenvalue weighted by atomic mass is 35.5. The molecule has 1 spiro atoms. The molecule has 0 aromatic heterocycles. The number of anilines is 2. The number of hydrogen-bond acceptors (Lipinski definition) is 8. The van der Waals surface area contributed by atoms with Crippen molar-refractivity contribution in [1.29, 1.82) is 5.41 Å². The van der Waals surface area contributed by atoms with Crippen LogP contribution < -0.4 is 15.1 Å². The van der Waals surface area contributed by atoms with Gasteiger partial charge in [0.2, 0.25) is 5.78 Å². The van der Waals surface area contributed by atoms with Gasteiger partial charge in [-0.2, -0.15) is 0 Å². The van der Waals surface area contributed by atoms with Crippen LogP contribution in [0.3, 0.4) is 0 Å². The van der Waals surface area contributed by atoms with Crippen molar-refractivity contribution in [2.75, 3.05) is 74.8 Å². The molecule has 10 heteroatoms. The highest BCUT2D eigenvalue weighted by Gasteiger charge is 2.55. The average molecular weight is 719 g/mol. The summed E-state index contributed by atoms with van der Waals surface area (Å²) >= 11 is 7.41. The molecule has 5 rings (SSSR count). The zero-order valence-corrected chi connectivity index (χ0v) is 31.5. The molecule has 1 aliphatic carbocycles. The molecule has 50 heavy (non-hydrogen) atoms. The van der Waals surface area contributed by atoms with Gasteiger partial charge in [-0.15, -0.1) is 11.6 Å². The lowest BCUT2D eigenvalue weighted by Gasteiger charge is -2.39. The first-order valence-corrected chi connectivity index (χ1v) is 19.4. The highest BCUT2D eigenvalue weighted by molar-refractivity contribution is 7.99. The van der Waals surface area contributed by atoms with E-state index in [1.54, 1.807) is 23.9 Å². The first-order valence-electron chi connectivity index (χ1n) is 18.1. The van der Waals surface area contributed by atoms with Crippen molar-refractivity contribution >= 4 is 52.1 Å². The molecule has 0 fully saturated rings. The number of nitrogens with zero attached hydrogens (tertiary/aromatic N) is 2. The molecule has 0 unspecified atom stereocenters. The van der Waals surface area contributed by atoms with E-state index in [4.69, 9.17) is 21.1 Å². The Hall–Kier alpha value is -3.37. The number of hydrogen-bond donors (Lipinski definition) is 2. The summed E-state index contributed by atoms with van der Waals surface area (Å²) in [6, 6.07) is 18.0. The Labute approximate surface area is 306 Å². The van der Waals surface area contributed by atoms with Crippen LogP contribution in [-0.4, -0.2) is 82.4 Å². The summed E-state index contributed by atoms with van der Waals surface area (Å²) in [5.74, 6) is 0.161. The lowest BCUT2D eigenvalue weighted by molar-refractivity contribution is 0.0468. The number of benzene rings is 3. The Balaban J connectivity index is 1.40. The maximum Gasteiger partial charge on any atom is 0.251 e. The van der Waals surface area contributed by atoms with Crippen LogP contribution in [0.1, 0.15) is 90.8 Å². The van der Waals surface area contributed by atoms with E-state index in [9.17, 15) is 15.0 Å². The summed E-state index contributed by atoms with van der Waals surface area (Å²) in [7, 11) is 0. The predicted octanol–water partition coefficient (Wildman–Crippen LogP) is 7.96. The number of halogens is 1. The summed E-state index contributed by atoms with van der Waals surface area (Å²) in [6.07, 6.45) is 4.31. The van der Waals surface area contributed by atoms with Crippen LogP contribution in [-0.2, 0) is 14.9 Å². The Morgan fingerprint density at radius 3 is 1.92 bits per heavy atom. The molecule has 268 valence electrons. The number of ether oxygens (including phenoxy) is 2. The standard InChI is InChI=1S/C40H51ClN4O4S/c1-5-44(6-2)29-14-17-32-35(26-29)50-36-27-30(45(7-3)8-4)15-18-33(36)40(32)34-25-28(13-16-31(34)37(46)38(40)42)39(47)43-20-22-49-24-23-48-21-12-10-9-11-19-41/h13-18,25-27,42H,5-12,19-24H2,1-4H3,(H,43,47). The van der Waals surface area contributed by atoms with Crippen molar-refractivity contribution in [1.82, 2.24) is 5.32 Å². The van der Waals surface area contributed by atoms with E-state index in [2.05, 4.69) is 79.2 Å². The fourth-order valence-electron chi connectivity index (χ4n) is 7.15. The zero-order valence-electron chi connectivity index (χ0n) is 29.9. The van der Waals surface area contributed by atoms with E-state index in [1.807, 2.05) is 6.07 Å². The van der Waals surface area contributed by atoms with Gasteiger partial charge in [-0.3, -0.25) is 15.0 Å². The Morgan fingerprint density at radius 2 is 1.34 bits per heavy atom. The molecule has 1 amide bonds. The Bertz CT molecular complexity index is 1610. The molecule has 0 saturated carbocycles. The van der Waals surface area contributed by atoms with Gasteiger partial charge in [0.25, 0.3) is 5.91 Å². The molecule has 3 aromatic carbocycles. The lowest BCUT2D eigenvalue weighted by atomic mass is 9.68. The van der Waals surface area contributed by atoms with E-state index < -0.39 is 5.41 Å². The maximum absolute atomic E-state index is 13.9. The molecule has 2 aliphatic rings. The Morgan fingerprint density at radius 1 is 0.760 bits per heavy atom. The second kappa shape index (κ2) is 17.7. The van der Waals surface area contributed by atoms with Crippen LogP contribution in [0.25, 0.3) is 0 Å². The molecule has 3 aromatic rings. The summed E-state index contributed by atoms with van der Waals surface area (Å²) in [6.45, 7) is 14.5. The van der Waals surface area contributed by atoms with Gasteiger partial charge in [0.05, 0.1) is 30.9 Å². The maximum atomic E-state index is 13.9. The molecule has 0 radical (unpaired) electrons. The topological polar surface area (TPSA) is 95.0 Å². The second-order valence-electron chi connectivity index (χ2n) is 12.6.